The van der Waals surface area contributed by atoms with E-state index >= 15 is 0 Å². The Morgan fingerprint density at radius 3 is 2.27 bits per heavy atom. The monoisotopic (exact) mass is 932 g/mol. The van der Waals surface area contributed by atoms with Crippen LogP contribution in [0, 0.1) is 5.41 Å². The third-order valence-electron chi connectivity index (χ3n) is 11.2. The van der Waals surface area contributed by atoms with Gasteiger partial charge in [0.1, 0.15) is 35.1 Å². The molecule has 20 nitrogen and oxygen atoms in total. The molecule has 11 N–H and O–H groups in total. The van der Waals surface area contributed by atoms with Crippen LogP contribution in [0.2, 0.25) is 0 Å². The van der Waals surface area contributed by atoms with Crippen molar-refractivity contribution >= 4 is 57.1 Å². The van der Waals surface area contributed by atoms with Gasteiger partial charge in [-0.1, -0.05) is 45.4 Å². The van der Waals surface area contributed by atoms with Crippen LogP contribution in [-0.4, -0.2) is 133 Å². The van der Waals surface area contributed by atoms with Gasteiger partial charge in [-0.25, -0.2) is 14.8 Å². The van der Waals surface area contributed by atoms with Gasteiger partial charge >= 0.3 is 5.97 Å². The molecule has 1 aliphatic rings. The molecule has 5 rings (SSSR count). The summed E-state index contributed by atoms with van der Waals surface area (Å²) in [6.45, 7) is 11.9. The first-order valence-electron chi connectivity index (χ1n) is 23.0. The Morgan fingerprint density at radius 2 is 1.58 bits per heavy atom. The van der Waals surface area contributed by atoms with Gasteiger partial charge in [-0.3, -0.25) is 14.4 Å². The van der Waals surface area contributed by atoms with E-state index in [0.29, 0.717) is 83.9 Å². The number of nitrogens with zero attached hydrogens (tertiary/aromatic N) is 4. The van der Waals surface area contributed by atoms with Crippen molar-refractivity contribution in [3.05, 3.63) is 71.4 Å². The number of primary amides is 1. The molecule has 0 aliphatic carbocycles. The maximum Gasteiger partial charge on any atom is 0.326 e. The Morgan fingerprint density at radius 1 is 0.910 bits per heavy atom. The number of hydrogen-bond acceptors (Lipinski definition) is 15. The van der Waals surface area contributed by atoms with Crippen molar-refractivity contribution in [1.29, 1.82) is 0 Å². The number of benzene rings is 2. The predicted molar refractivity (Wildman–Crippen MR) is 256 cm³/mol. The Kier molecular flexibility index (Phi) is 19.8. The number of fused-ring (bicyclic) bond motifs is 3. The summed E-state index contributed by atoms with van der Waals surface area (Å²) in [5, 5.41) is 22.1. The molecule has 4 aromatic rings. The van der Waals surface area contributed by atoms with E-state index in [1.54, 1.807) is 24.1 Å². The summed E-state index contributed by atoms with van der Waals surface area (Å²) in [6.07, 6.45) is 3.78. The molecule has 366 valence electrons. The fourth-order valence-corrected chi connectivity index (χ4v) is 7.63. The maximum atomic E-state index is 12.9. The molecule has 2 aromatic heterocycles. The zero-order valence-corrected chi connectivity index (χ0v) is 39.2. The summed E-state index contributed by atoms with van der Waals surface area (Å²) in [5.41, 5.74) is 21.2. The van der Waals surface area contributed by atoms with Crippen LogP contribution < -0.4 is 38.5 Å². The molecule has 1 aliphatic heterocycles. The van der Waals surface area contributed by atoms with E-state index in [0.717, 1.165) is 60.0 Å². The number of hydrogen-bond donors (Lipinski definition) is 8. The number of ether oxygens (including phenoxy) is 4. The number of imidazole rings is 1. The van der Waals surface area contributed by atoms with E-state index in [2.05, 4.69) is 57.7 Å². The number of unbranched alkanes of at least 4 members (excludes halogenated alkanes) is 1. The summed E-state index contributed by atoms with van der Waals surface area (Å²) < 4.78 is 25.4. The zero-order valence-electron chi connectivity index (χ0n) is 39.2. The van der Waals surface area contributed by atoms with Gasteiger partial charge in [0.2, 0.25) is 5.91 Å². The minimum Gasteiger partial charge on any atom is -0.480 e. The molecule has 3 amide bonds. The molecular formula is C47H69N11O9. The van der Waals surface area contributed by atoms with Crippen molar-refractivity contribution in [3.8, 4) is 0 Å². The van der Waals surface area contributed by atoms with Gasteiger partial charge in [-0.05, 0) is 56.0 Å². The van der Waals surface area contributed by atoms with Crippen LogP contribution in [0.5, 0.6) is 0 Å². The number of carbonyl (C=O) groups is 4. The predicted octanol–water partition coefficient (Wildman–Crippen LogP) is 3.05. The van der Waals surface area contributed by atoms with E-state index in [1.807, 2.05) is 18.2 Å². The highest BCUT2D eigenvalue weighted by Crippen LogP contribution is 2.32. The molecular weight excluding hydrogens is 863 g/mol. The Hall–Kier alpha value is -6.22. The number of nitrogen functional groups attached to an aromatic ring is 1. The lowest BCUT2D eigenvalue weighted by molar-refractivity contribution is -0.139. The number of carbonyl (C=O) groups excluding carboxylic acids is 3. The smallest absolute Gasteiger partial charge is 0.326 e. The minimum absolute atomic E-state index is 0.0883. The molecule has 0 saturated heterocycles. The van der Waals surface area contributed by atoms with Crippen molar-refractivity contribution in [2.75, 3.05) is 84.0 Å². The van der Waals surface area contributed by atoms with E-state index in [-0.39, 0.29) is 47.4 Å². The van der Waals surface area contributed by atoms with Crippen molar-refractivity contribution in [2.24, 2.45) is 16.9 Å². The number of rotatable bonds is 30. The second-order valence-electron chi connectivity index (χ2n) is 17.3. The molecule has 2 unspecified atom stereocenters. The number of anilines is 2. The second-order valence-corrected chi connectivity index (χ2v) is 17.3. The van der Waals surface area contributed by atoms with Crippen LogP contribution in [0.25, 0.3) is 21.9 Å². The summed E-state index contributed by atoms with van der Waals surface area (Å²) in [7, 11) is 1.68. The quantitative estimate of drug-likeness (QED) is 0.0349. The molecule has 2 aromatic carbocycles. The number of amides is 3. The third-order valence-corrected chi connectivity index (χ3v) is 11.2. The topological polar surface area (TPSA) is 286 Å². The first-order chi connectivity index (χ1) is 32.2. The second kappa shape index (κ2) is 25.6. The highest BCUT2D eigenvalue weighted by atomic mass is 16.5. The lowest BCUT2D eigenvalue weighted by Gasteiger charge is -2.37. The summed E-state index contributed by atoms with van der Waals surface area (Å²) in [6, 6.07) is 13.2. The molecule has 0 spiro atoms. The number of para-hydroxylation sites is 1. The van der Waals surface area contributed by atoms with Gasteiger partial charge < -0.3 is 72.0 Å². The molecule has 0 saturated carbocycles. The Bertz CT molecular complexity index is 2300. The molecule has 0 bridgehead atoms. The van der Waals surface area contributed by atoms with Crippen LogP contribution in [0.3, 0.4) is 0 Å². The molecule has 67 heavy (non-hydrogen) atoms. The lowest BCUT2D eigenvalue weighted by Crippen LogP contribution is -2.53. The van der Waals surface area contributed by atoms with E-state index < -0.39 is 23.8 Å². The molecule has 20 heteroatoms. The van der Waals surface area contributed by atoms with Crippen molar-refractivity contribution in [2.45, 2.75) is 84.5 Å². The Labute approximate surface area is 391 Å². The highest BCUT2D eigenvalue weighted by Gasteiger charge is 2.29. The average molecular weight is 932 g/mol. The van der Waals surface area contributed by atoms with Gasteiger partial charge in [-0.15, -0.1) is 0 Å². The molecule has 3 heterocycles. The maximum absolute atomic E-state index is 12.9. The first kappa shape index (κ1) is 51.8. The van der Waals surface area contributed by atoms with E-state index in [4.69, 9.17) is 41.1 Å². The molecule has 0 radical (unpaired) electrons. The highest BCUT2D eigenvalue weighted by molar-refractivity contribution is 6.06. The number of aryl methyl sites for hydroxylation is 1. The van der Waals surface area contributed by atoms with Gasteiger partial charge in [-0.2, -0.15) is 0 Å². The average Bonchev–Trinajstić information content (AvgIpc) is 3.65. The zero-order chi connectivity index (χ0) is 48.3. The SMILES string of the molecule is CCCCc1nc2c(N)nc3ccccc3c2n1CC(C)(C)COCCCOCCOCCOCCCNC(=O)CCC(NC(=O)c1ccc(NC2CNC(N)=C(C(N)=O)N2C)cc1)C(=O)O. The van der Waals surface area contributed by atoms with Crippen LogP contribution >= 0.6 is 0 Å². The van der Waals surface area contributed by atoms with Crippen LogP contribution in [-0.2, 0) is 46.3 Å². The summed E-state index contributed by atoms with van der Waals surface area (Å²) in [5.74, 6) is -1.18. The number of likely N-dealkylation sites (N-methyl/N-ethyl adjacent to an activating group) is 1. The fourth-order valence-electron chi connectivity index (χ4n) is 7.63. The largest absolute Gasteiger partial charge is 0.480 e. The van der Waals surface area contributed by atoms with E-state index in [1.165, 1.54) is 12.1 Å². The summed E-state index contributed by atoms with van der Waals surface area (Å²) in [4.78, 5) is 60.1. The number of nitrogens with one attached hydrogen (secondary N) is 4. The number of carboxylic acids is 1. The van der Waals surface area contributed by atoms with Crippen LogP contribution in [0.4, 0.5) is 11.5 Å². The van der Waals surface area contributed by atoms with Crippen molar-refractivity contribution in [3.63, 3.8) is 0 Å². The number of carboxylic acid groups (broad SMARTS) is 1. The normalized spacial score (nSPS) is 14.6. The van der Waals surface area contributed by atoms with Crippen molar-refractivity contribution in [1.82, 2.24) is 35.4 Å². The standard InChI is InChI=1S/C47H69N11O9/c1-5-6-13-36-56-39-40(33-11-7-8-12-34(33)54-42(39)48)58(36)29-47(2,3)30-67-23-10-22-65-25-27-66-26-24-64-21-9-20-51-38(59)19-18-35(46(62)63)55-45(61)31-14-16-32(17-15-31)53-37-28-52-43(49)41(44(50)60)57(37)4/h7-8,11-12,14-17,35,37,52-53H,5-6,9-10,13,18-30,49H2,1-4H3,(H2,48,54)(H2,50,60)(H,51,59)(H,55,61)(H,62,63). The molecule has 0 fully saturated rings. The summed E-state index contributed by atoms with van der Waals surface area (Å²) >= 11 is 0. The van der Waals surface area contributed by atoms with E-state index in [9.17, 15) is 24.3 Å². The fraction of sp³-hybridized carbons (Fsp3) is 0.532. The number of aliphatic carboxylic acids is 1. The van der Waals surface area contributed by atoms with Gasteiger partial charge in [0, 0.05) is 74.9 Å². The van der Waals surface area contributed by atoms with Gasteiger partial charge in [0.05, 0.1) is 50.6 Å². The Balaban J connectivity index is 0.866. The van der Waals surface area contributed by atoms with Crippen LogP contribution in [0.1, 0.15) is 75.5 Å². The first-order valence-corrected chi connectivity index (χ1v) is 23.0. The van der Waals surface area contributed by atoms with Crippen LogP contribution in [0.15, 0.2) is 60.0 Å². The van der Waals surface area contributed by atoms with Gasteiger partial charge in [0.15, 0.2) is 5.82 Å². The van der Waals surface area contributed by atoms with Crippen molar-refractivity contribution < 1.29 is 43.2 Å². The molecule has 2 atom stereocenters. The third kappa shape index (κ3) is 15.4. The number of aromatic nitrogens is 3. The van der Waals surface area contributed by atoms with Gasteiger partial charge in [0.25, 0.3) is 11.8 Å². The number of nitrogens with two attached hydrogens (primary N) is 3. The number of pyridine rings is 1. The minimum atomic E-state index is -1.26. The lowest BCUT2D eigenvalue weighted by atomic mass is 9.94.